The van der Waals surface area contributed by atoms with Crippen molar-refractivity contribution < 1.29 is 0 Å². The monoisotopic (exact) mass is 1140 g/mol. The van der Waals surface area contributed by atoms with Gasteiger partial charge in [0.2, 0.25) is 0 Å². The number of hydrogen-bond acceptors (Lipinski definition) is 1. The number of hydrogen-bond donors (Lipinski definition) is 0. The highest BCUT2D eigenvalue weighted by molar-refractivity contribution is 14.2. The maximum Gasteiger partial charge on any atom is 0.0726 e. The highest BCUT2D eigenvalue weighted by Gasteiger charge is 2.54. The zero-order valence-electron chi connectivity index (χ0n) is 44.2. The highest BCUT2D eigenvalue weighted by Crippen LogP contribution is 2.67. The summed E-state index contributed by atoms with van der Waals surface area (Å²) in [5.74, 6) is 0. The Morgan fingerprint density at radius 1 is 0.272 bits per heavy atom. The van der Waals surface area contributed by atoms with Crippen molar-refractivity contribution in [3.63, 3.8) is 0 Å². The van der Waals surface area contributed by atoms with Crippen LogP contribution in [-0.2, 0) is 10.8 Å². The second-order valence-electron chi connectivity index (χ2n) is 21.9. The molecule has 0 unspecified atom stereocenters. The smallest absolute Gasteiger partial charge is 0.0726 e. The van der Waals surface area contributed by atoms with Gasteiger partial charge >= 0.3 is 0 Å². The van der Waals surface area contributed by atoms with Crippen molar-refractivity contribution in [1.29, 1.82) is 0 Å². The van der Waals surface area contributed by atoms with Crippen LogP contribution in [0.1, 0.15) is 50.1 Å². The number of para-hydroxylation sites is 1. The minimum Gasteiger partial charge on any atom is -0.310 e. The van der Waals surface area contributed by atoms with Gasteiger partial charge in [-0.05, 0) is 166 Å². The van der Waals surface area contributed by atoms with E-state index in [1.165, 1.54) is 134 Å². The maximum atomic E-state index is 2.55. The average Bonchev–Trinajstić information content (AvgIpc) is 4.19. The van der Waals surface area contributed by atoms with Gasteiger partial charge in [-0.1, -0.05) is 282 Å². The minimum atomic E-state index is -0.560. The molecule has 0 amide bonds. The predicted molar refractivity (Wildman–Crippen MR) is 347 cm³/mol. The molecule has 17 rings (SSSR count). The number of benzene rings is 12. The first kappa shape index (κ1) is 46.4. The quantitative estimate of drug-likeness (QED) is 0.144. The second kappa shape index (κ2) is 18.0. The summed E-state index contributed by atoms with van der Waals surface area (Å²) < 4.78 is 4.72. The Morgan fingerprint density at radius 3 is 1.27 bits per heavy atom. The first-order chi connectivity index (χ1) is 40.2. The molecule has 1 aliphatic heterocycles. The Kier molecular flexibility index (Phi) is 10.3. The molecule has 0 aromatic heterocycles. The Bertz CT molecular complexity index is 4600. The molecule has 0 fully saturated rings. The van der Waals surface area contributed by atoms with Crippen molar-refractivity contribution in [3.05, 3.63) is 345 Å². The summed E-state index contributed by atoms with van der Waals surface area (Å²) in [7, 11) is 0. The van der Waals surface area contributed by atoms with Crippen LogP contribution in [0.25, 0.3) is 83.5 Å². The standard InChI is InChI=1S/C79H50IN/c1-2-19-54(20-3-1)58-28-16-35-72-76(58)66-47-46-57(49-74(66)79(72)69-32-12-6-24-61(69)62-25-7-13-33-70(62)79)81(56-44-42-52(43-45-56)51-38-40-53(41-39-51)55-21-18-48-80-50-55)75-37-15-9-26-63(75)64-29-17-36-73-77(64)65-27-8-14-34-71(65)78(73)67-30-10-4-22-59(67)60-23-5-11-31-68(60)78/h1-50H. The summed E-state index contributed by atoms with van der Waals surface area (Å²) in [5, 5.41) is 0. The van der Waals surface area contributed by atoms with Crippen LogP contribution < -0.4 is 4.90 Å². The molecule has 0 saturated carbocycles. The molecule has 81 heavy (non-hydrogen) atoms. The lowest BCUT2D eigenvalue weighted by Crippen LogP contribution is -2.26. The highest BCUT2D eigenvalue weighted by atomic mass is 127. The molecule has 1 nitrogen and oxygen atoms in total. The van der Waals surface area contributed by atoms with Gasteiger partial charge in [0.15, 0.2) is 0 Å². The van der Waals surface area contributed by atoms with Gasteiger partial charge in [0.1, 0.15) is 0 Å². The number of rotatable bonds is 7. The van der Waals surface area contributed by atoms with E-state index in [1.54, 1.807) is 0 Å². The van der Waals surface area contributed by atoms with Crippen LogP contribution in [0.2, 0.25) is 0 Å². The normalized spacial score (nSPS) is 14.4. The predicted octanol–water partition coefficient (Wildman–Crippen LogP) is 20.5. The van der Waals surface area contributed by atoms with Gasteiger partial charge < -0.3 is 4.90 Å². The fraction of sp³-hybridized carbons (Fsp3) is 0.0253. The van der Waals surface area contributed by atoms with E-state index < -0.39 is 10.8 Å². The Labute approximate surface area is 482 Å². The molecule has 12 aromatic carbocycles. The van der Waals surface area contributed by atoms with Crippen LogP contribution >= 0.6 is 20.7 Å². The van der Waals surface area contributed by atoms with Crippen LogP contribution in [0.5, 0.6) is 0 Å². The van der Waals surface area contributed by atoms with Crippen LogP contribution in [0.3, 0.4) is 0 Å². The molecular formula is C79H50IN. The van der Waals surface area contributed by atoms with Gasteiger partial charge in [0.05, 0.1) is 16.5 Å². The number of nitrogens with zero attached hydrogens (tertiary/aromatic N) is 1. The third-order valence-electron chi connectivity index (χ3n) is 18.2. The zero-order valence-corrected chi connectivity index (χ0v) is 46.4. The molecule has 5 aliphatic rings. The van der Waals surface area contributed by atoms with Crippen molar-refractivity contribution in [1.82, 2.24) is 0 Å². The minimum absolute atomic E-state index is 0.0392. The third-order valence-corrected chi connectivity index (χ3v) is 20.0. The Balaban J connectivity index is 0.906. The van der Waals surface area contributed by atoms with Gasteiger partial charge in [0.25, 0.3) is 0 Å². The molecule has 0 N–H and O–H groups in total. The number of halogens is 1. The molecule has 12 aromatic rings. The lowest BCUT2D eigenvalue weighted by molar-refractivity contribution is 0.794. The number of allylic oxidation sites excluding steroid dienone is 3. The van der Waals surface area contributed by atoms with E-state index in [1.807, 2.05) is 0 Å². The third kappa shape index (κ3) is 6.51. The molecular weight excluding hydrogens is 1090 g/mol. The van der Waals surface area contributed by atoms with Gasteiger partial charge in [0, 0.05) is 16.9 Å². The zero-order chi connectivity index (χ0) is 53.2. The summed E-state index contributed by atoms with van der Waals surface area (Å²) >= 11 is -0.0392. The molecule has 2 heteroatoms. The van der Waals surface area contributed by atoms with Crippen LogP contribution in [-0.4, -0.2) is 4.01 Å². The van der Waals surface area contributed by atoms with Crippen LogP contribution in [0.4, 0.5) is 17.1 Å². The van der Waals surface area contributed by atoms with Crippen LogP contribution in [0.15, 0.2) is 295 Å². The molecule has 0 bridgehead atoms. The number of anilines is 3. The van der Waals surface area contributed by atoms with Gasteiger partial charge in [-0.2, -0.15) is 0 Å². The summed E-state index contributed by atoms with van der Waals surface area (Å²) in [6, 6.07) is 106. The van der Waals surface area contributed by atoms with Crippen molar-refractivity contribution in [2.45, 2.75) is 10.8 Å². The van der Waals surface area contributed by atoms with E-state index in [4.69, 9.17) is 0 Å². The fourth-order valence-corrected chi connectivity index (χ4v) is 16.6. The van der Waals surface area contributed by atoms with Crippen molar-refractivity contribution >= 4 is 47.4 Å². The van der Waals surface area contributed by atoms with Gasteiger partial charge in [-0.15, -0.1) is 0 Å². The SMILES string of the molecule is C1=CI=CC(c2ccc(-c3ccc(N(c4ccc5c(c4)C4(c6ccccc6-c6ccccc64)c4cccc(-c6ccccc6)c4-5)c4ccccc4-c4cccc5c4-c4ccccc4C54c5ccccc5-c5ccccc54)cc3)cc2)=C1. The van der Waals surface area contributed by atoms with Crippen molar-refractivity contribution in [2.75, 3.05) is 4.90 Å². The Hall–Kier alpha value is -9.48. The summed E-state index contributed by atoms with van der Waals surface area (Å²) in [5.41, 5.74) is 33.1. The molecule has 0 saturated heterocycles. The van der Waals surface area contributed by atoms with Crippen LogP contribution in [0, 0.1) is 0 Å². The first-order valence-corrected chi connectivity index (χ1v) is 30.6. The lowest BCUT2D eigenvalue weighted by Gasteiger charge is -2.33. The topological polar surface area (TPSA) is 3.24 Å². The summed E-state index contributed by atoms with van der Waals surface area (Å²) in [6.45, 7) is 0. The van der Waals surface area contributed by atoms with E-state index in [0.29, 0.717) is 0 Å². The summed E-state index contributed by atoms with van der Waals surface area (Å²) in [4.78, 5) is 2.54. The first-order valence-electron chi connectivity index (χ1n) is 28.1. The second-order valence-corrected chi connectivity index (χ2v) is 24.0. The Morgan fingerprint density at radius 2 is 0.691 bits per heavy atom. The molecule has 4 aliphatic carbocycles. The van der Waals surface area contributed by atoms with Gasteiger partial charge in [-0.3, -0.25) is 0 Å². The molecule has 378 valence electrons. The molecule has 2 spiro atoms. The van der Waals surface area contributed by atoms with Gasteiger partial charge in [-0.25, -0.2) is 0 Å². The van der Waals surface area contributed by atoms with E-state index in [0.717, 1.165) is 17.1 Å². The van der Waals surface area contributed by atoms with E-state index in [2.05, 4.69) is 304 Å². The average molecular weight is 1140 g/mol. The largest absolute Gasteiger partial charge is 0.310 e. The van der Waals surface area contributed by atoms with E-state index in [9.17, 15) is 0 Å². The maximum absolute atomic E-state index is 2.55. The van der Waals surface area contributed by atoms with E-state index >= 15 is 0 Å². The number of fused-ring (bicyclic) bond motifs is 20. The van der Waals surface area contributed by atoms with E-state index in [-0.39, 0.29) is 20.7 Å². The molecule has 0 radical (unpaired) electrons. The molecule has 1 heterocycles. The summed E-state index contributed by atoms with van der Waals surface area (Å²) in [6.07, 6.45) is 4.44. The van der Waals surface area contributed by atoms with Crippen molar-refractivity contribution in [3.8, 4) is 77.9 Å². The van der Waals surface area contributed by atoms with Crippen molar-refractivity contribution in [2.24, 2.45) is 0 Å². The molecule has 0 atom stereocenters. The fourth-order valence-electron chi connectivity index (χ4n) is 15.0. The lowest BCUT2D eigenvalue weighted by atomic mass is 9.70.